The molecule has 1 saturated heterocycles. The summed E-state index contributed by atoms with van der Waals surface area (Å²) in [6.07, 6.45) is 3.31. The third-order valence-electron chi connectivity index (χ3n) is 5.08. The second kappa shape index (κ2) is 8.17. The minimum atomic E-state index is -0.0891. The fourth-order valence-electron chi connectivity index (χ4n) is 3.48. The van der Waals surface area contributed by atoms with E-state index < -0.39 is 0 Å². The van der Waals surface area contributed by atoms with Gasteiger partial charge in [-0.1, -0.05) is 29.8 Å². The quantitative estimate of drug-likeness (QED) is 0.727. The van der Waals surface area contributed by atoms with E-state index in [-0.39, 0.29) is 18.6 Å². The van der Waals surface area contributed by atoms with Crippen LogP contribution in [0.3, 0.4) is 0 Å². The Morgan fingerprint density at radius 1 is 1.07 bits per heavy atom. The maximum Gasteiger partial charge on any atom is 0.246 e. The fourth-order valence-corrected chi connectivity index (χ4v) is 3.76. The Morgan fingerprint density at radius 3 is 2.55 bits per heavy atom. The molecular formula is C22H20ClN2O4. The number of carbonyl (C=O) groups excluding carboxylic acids is 2. The zero-order chi connectivity index (χ0) is 20.4. The molecule has 0 aromatic heterocycles. The normalized spacial score (nSPS) is 15.8. The molecule has 6 nitrogen and oxygen atoms in total. The molecule has 2 aromatic rings. The van der Waals surface area contributed by atoms with E-state index in [2.05, 4.69) is 6.07 Å². The van der Waals surface area contributed by atoms with E-state index in [0.717, 1.165) is 16.7 Å². The molecule has 2 aliphatic rings. The van der Waals surface area contributed by atoms with Crippen molar-refractivity contribution in [2.24, 2.45) is 0 Å². The molecule has 2 aromatic carbocycles. The Balaban J connectivity index is 1.54. The summed E-state index contributed by atoms with van der Waals surface area (Å²) in [4.78, 5) is 27.5. The second-order valence-corrected chi connectivity index (χ2v) is 7.23. The van der Waals surface area contributed by atoms with Crippen molar-refractivity contribution in [2.75, 3.05) is 33.0 Å². The van der Waals surface area contributed by atoms with E-state index in [1.165, 1.54) is 0 Å². The number of benzene rings is 2. The monoisotopic (exact) mass is 411 g/mol. The molecule has 0 atom stereocenters. The minimum Gasteiger partial charge on any atom is -0.454 e. The van der Waals surface area contributed by atoms with E-state index in [0.29, 0.717) is 42.7 Å². The van der Waals surface area contributed by atoms with Crippen LogP contribution in [0.1, 0.15) is 12.5 Å². The van der Waals surface area contributed by atoms with Gasteiger partial charge < -0.3 is 19.3 Å². The molecule has 0 bridgehead atoms. The third kappa shape index (κ3) is 4.07. The van der Waals surface area contributed by atoms with Gasteiger partial charge in [-0.15, -0.1) is 0 Å². The highest BCUT2D eigenvalue weighted by molar-refractivity contribution is 6.33. The van der Waals surface area contributed by atoms with E-state index in [4.69, 9.17) is 21.1 Å². The molecule has 1 fully saturated rings. The maximum atomic E-state index is 12.6. The third-order valence-corrected chi connectivity index (χ3v) is 5.38. The summed E-state index contributed by atoms with van der Waals surface area (Å²) < 4.78 is 10.8. The first-order valence-electron chi connectivity index (χ1n) is 9.35. The van der Waals surface area contributed by atoms with Gasteiger partial charge in [0, 0.05) is 50.8 Å². The first-order valence-corrected chi connectivity index (χ1v) is 9.73. The van der Waals surface area contributed by atoms with Gasteiger partial charge in [0.1, 0.15) is 0 Å². The zero-order valence-electron chi connectivity index (χ0n) is 16.0. The van der Waals surface area contributed by atoms with E-state index >= 15 is 0 Å². The second-order valence-electron chi connectivity index (χ2n) is 6.85. The molecular weight excluding hydrogens is 392 g/mol. The van der Waals surface area contributed by atoms with E-state index in [1.807, 2.05) is 24.3 Å². The molecule has 0 unspecified atom stereocenters. The molecule has 0 aliphatic carbocycles. The first-order chi connectivity index (χ1) is 14.0. The van der Waals surface area contributed by atoms with Crippen molar-refractivity contribution >= 4 is 29.5 Å². The predicted molar refractivity (Wildman–Crippen MR) is 110 cm³/mol. The van der Waals surface area contributed by atoms with Gasteiger partial charge in [0.05, 0.1) is 5.02 Å². The van der Waals surface area contributed by atoms with Crippen molar-refractivity contribution in [3.63, 3.8) is 0 Å². The molecule has 7 heteroatoms. The number of ether oxygens (including phenoxy) is 2. The summed E-state index contributed by atoms with van der Waals surface area (Å²) >= 11 is 6.43. The standard InChI is InChI=1S/C22H20ClN2O4/c1-15(26)24-9-11-25(12-10-24)21(27)8-6-16-3-2-4-18(23)22(16)17-5-7-19-20(13-17)29-14-28-19/h2-3,5-8,13H,9-12,14H2,1H3/b8-6+. The van der Waals surface area contributed by atoms with Crippen LogP contribution in [-0.2, 0) is 9.59 Å². The Morgan fingerprint density at radius 2 is 1.79 bits per heavy atom. The molecule has 29 heavy (non-hydrogen) atoms. The van der Waals surface area contributed by atoms with Gasteiger partial charge in [-0.2, -0.15) is 0 Å². The molecule has 2 amide bonds. The molecule has 2 heterocycles. The number of piperazine rings is 1. The van der Waals surface area contributed by atoms with Crippen LogP contribution in [0.2, 0.25) is 5.02 Å². The van der Waals surface area contributed by atoms with Crippen molar-refractivity contribution in [1.82, 2.24) is 9.80 Å². The van der Waals surface area contributed by atoms with Gasteiger partial charge >= 0.3 is 0 Å². The lowest BCUT2D eigenvalue weighted by Crippen LogP contribution is -2.49. The van der Waals surface area contributed by atoms with Gasteiger partial charge in [0.15, 0.2) is 11.5 Å². The summed E-state index contributed by atoms with van der Waals surface area (Å²) in [7, 11) is 0. The predicted octanol–water partition coefficient (Wildman–Crippen LogP) is 3.24. The van der Waals surface area contributed by atoms with Crippen molar-refractivity contribution in [3.05, 3.63) is 53.1 Å². The van der Waals surface area contributed by atoms with Crippen molar-refractivity contribution < 1.29 is 19.1 Å². The van der Waals surface area contributed by atoms with Crippen molar-refractivity contribution in [1.29, 1.82) is 0 Å². The lowest BCUT2D eigenvalue weighted by Gasteiger charge is -2.33. The molecule has 0 N–H and O–H groups in total. The summed E-state index contributed by atoms with van der Waals surface area (Å²) in [5, 5.41) is 0.466. The van der Waals surface area contributed by atoms with Gasteiger partial charge in [-0.05, 0) is 29.3 Å². The van der Waals surface area contributed by atoms with Gasteiger partial charge in [0.25, 0.3) is 0 Å². The van der Waals surface area contributed by atoms with Crippen LogP contribution >= 0.6 is 11.6 Å². The Hall–Kier alpha value is -2.99. The van der Waals surface area contributed by atoms with E-state index in [9.17, 15) is 9.59 Å². The van der Waals surface area contributed by atoms with Crippen molar-refractivity contribution in [2.45, 2.75) is 6.92 Å². The summed E-state index contributed by atoms with van der Waals surface area (Å²) in [5.74, 6) is 1.31. The molecule has 4 rings (SSSR count). The van der Waals surface area contributed by atoms with Crippen LogP contribution in [0, 0.1) is 6.07 Å². The summed E-state index contributed by atoms with van der Waals surface area (Å²) in [6, 6.07) is 12.2. The summed E-state index contributed by atoms with van der Waals surface area (Å²) in [6.45, 7) is 3.92. The van der Waals surface area contributed by atoms with E-state index in [1.54, 1.807) is 34.9 Å². The highest BCUT2D eigenvalue weighted by atomic mass is 35.5. The van der Waals surface area contributed by atoms with Gasteiger partial charge in [0.2, 0.25) is 18.6 Å². The van der Waals surface area contributed by atoms with Gasteiger partial charge in [-0.3, -0.25) is 9.59 Å². The number of hydrogen-bond acceptors (Lipinski definition) is 4. The number of halogens is 1. The molecule has 0 spiro atoms. The summed E-state index contributed by atoms with van der Waals surface area (Å²) in [5.41, 5.74) is 2.44. The average Bonchev–Trinajstić information content (AvgIpc) is 3.20. The van der Waals surface area contributed by atoms with Gasteiger partial charge in [-0.25, -0.2) is 0 Å². The molecule has 1 radical (unpaired) electrons. The average molecular weight is 412 g/mol. The lowest BCUT2D eigenvalue weighted by molar-refractivity contribution is -0.135. The zero-order valence-corrected chi connectivity index (χ0v) is 16.7. The largest absolute Gasteiger partial charge is 0.454 e. The lowest BCUT2D eigenvalue weighted by atomic mass is 9.98. The first kappa shape index (κ1) is 19.3. The maximum absolute atomic E-state index is 12.6. The number of carbonyl (C=O) groups is 2. The van der Waals surface area contributed by atoms with Crippen LogP contribution < -0.4 is 9.47 Å². The number of amides is 2. The number of rotatable bonds is 3. The molecule has 149 valence electrons. The molecule has 0 saturated carbocycles. The van der Waals surface area contributed by atoms with Crippen LogP contribution in [0.15, 0.2) is 36.4 Å². The highest BCUT2D eigenvalue weighted by Crippen LogP contribution is 2.39. The number of fused-ring (bicyclic) bond motifs is 1. The van der Waals surface area contributed by atoms with Crippen LogP contribution in [0.4, 0.5) is 0 Å². The van der Waals surface area contributed by atoms with Crippen LogP contribution in [-0.4, -0.2) is 54.6 Å². The smallest absolute Gasteiger partial charge is 0.246 e. The van der Waals surface area contributed by atoms with Crippen LogP contribution in [0.5, 0.6) is 11.5 Å². The van der Waals surface area contributed by atoms with Crippen molar-refractivity contribution in [3.8, 4) is 22.6 Å². The topological polar surface area (TPSA) is 59.1 Å². The number of hydrogen-bond donors (Lipinski definition) is 0. The highest BCUT2D eigenvalue weighted by Gasteiger charge is 2.21. The molecule has 2 aliphatic heterocycles. The fraction of sp³-hybridized carbons (Fsp3) is 0.273. The Bertz CT molecular complexity index is 981. The Labute approximate surface area is 174 Å². The number of nitrogens with zero attached hydrogens (tertiary/aromatic N) is 2. The Kier molecular flexibility index (Phi) is 5.45. The minimum absolute atomic E-state index is 0.0381. The SMILES string of the molecule is CC(=O)N1CCN(C(=O)/C=C/c2cc[c]c(Cl)c2-c2ccc3c(c2)OCO3)CC1. The van der Waals surface area contributed by atoms with Crippen LogP contribution in [0.25, 0.3) is 17.2 Å².